The van der Waals surface area contributed by atoms with Crippen molar-refractivity contribution in [1.82, 2.24) is 20.3 Å². The predicted molar refractivity (Wildman–Crippen MR) is 74.6 cm³/mol. The highest BCUT2D eigenvalue weighted by Crippen LogP contribution is 2.16. The number of benzene rings is 1. The summed E-state index contributed by atoms with van der Waals surface area (Å²) in [5.41, 5.74) is 1.43. The molecular weight excluding hydrogens is 258 g/mol. The van der Waals surface area contributed by atoms with Gasteiger partial charge in [0.1, 0.15) is 0 Å². The van der Waals surface area contributed by atoms with Gasteiger partial charge in [0.2, 0.25) is 0 Å². The molecule has 0 spiro atoms. The lowest BCUT2D eigenvalue weighted by atomic mass is 10.1. The Labute approximate surface area is 116 Å². The fourth-order valence-electron chi connectivity index (χ4n) is 1.61. The van der Waals surface area contributed by atoms with Gasteiger partial charge in [-0.2, -0.15) is 0 Å². The van der Waals surface area contributed by atoms with E-state index in [0.29, 0.717) is 12.2 Å². The van der Waals surface area contributed by atoms with Crippen LogP contribution in [0.15, 0.2) is 30.5 Å². The Balaban J connectivity index is 2.16. The summed E-state index contributed by atoms with van der Waals surface area (Å²) >= 11 is 0. The Hall–Kier alpha value is -2.28. The second kappa shape index (κ2) is 5.38. The van der Waals surface area contributed by atoms with E-state index in [-0.39, 0.29) is 11.2 Å². The fourth-order valence-corrected chi connectivity index (χ4v) is 1.61. The lowest BCUT2D eigenvalue weighted by Gasteiger charge is -2.19. The molecule has 7 nitrogen and oxygen atoms in total. The molecule has 20 heavy (non-hydrogen) atoms. The van der Waals surface area contributed by atoms with Crippen LogP contribution >= 0.6 is 0 Å². The number of nitrogens with zero attached hydrogens (tertiary/aromatic N) is 4. The van der Waals surface area contributed by atoms with Crippen LogP contribution in [0, 0.1) is 10.1 Å². The first-order valence-corrected chi connectivity index (χ1v) is 6.26. The summed E-state index contributed by atoms with van der Waals surface area (Å²) in [6.07, 6.45) is 1.76. The summed E-state index contributed by atoms with van der Waals surface area (Å²) < 4.78 is 1.53. The van der Waals surface area contributed by atoms with Crippen molar-refractivity contribution in [1.29, 1.82) is 0 Å². The van der Waals surface area contributed by atoms with Gasteiger partial charge in [-0.3, -0.25) is 10.1 Å². The number of non-ortho nitro benzene ring substituents is 1. The van der Waals surface area contributed by atoms with Crippen LogP contribution in [0.1, 0.15) is 26.5 Å². The Kier molecular flexibility index (Phi) is 3.80. The Morgan fingerprint density at radius 1 is 1.40 bits per heavy atom. The average Bonchev–Trinajstić information content (AvgIpc) is 2.84. The van der Waals surface area contributed by atoms with E-state index in [0.717, 1.165) is 5.69 Å². The molecule has 106 valence electrons. The zero-order valence-electron chi connectivity index (χ0n) is 11.7. The molecule has 0 fully saturated rings. The van der Waals surface area contributed by atoms with Crippen molar-refractivity contribution >= 4 is 5.69 Å². The zero-order chi connectivity index (χ0) is 14.8. The summed E-state index contributed by atoms with van der Waals surface area (Å²) in [5, 5.41) is 22.1. The molecule has 1 aromatic heterocycles. The highest BCUT2D eigenvalue weighted by Gasteiger charge is 2.11. The summed E-state index contributed by atoms with van der Waals surface area (Å²) in [7, 11) is 0. The molecule has 2 aromatic rings. The third kappa shape index (κ3) is 3.61. The van der Waals surface area contributed by atoms with Crippen LogP contribution in [-0.4, -0.2) is 25.5 Å². The minimum absolute atomic E-state index is 0.00465. The maximum absolute atomic E-state index is 10.8. The standard InChI is InChI=1S/C13H17N5O2/c1-13(2,3)14-8-10-9-17(16-15-10)11-5-4-6-12(7-11)18(19)20/h4-7,9,14H,8H2,1-3H3. The lowest BCUT2D eigenvalue weighted by Crippen LogP contribution is -2.35. The largest absolute Gasteiger partial charge is 0.306 e. The molecule has 0 unspecified atom stereocenters. The first kappa shape index (κ1) is 14.1. The van der Waals surface area contributed by atoms with E-state index in [4.69, 9.17) is 0 Å². The second-order valence-electron chi connectivity index (χ2n) is 5.53. The number of nitro groups is 1. The van der Waals surface area contributed by atoms with Crippen molar-refractivity contribution in [3.05, 3.63) is 46.3 Å². The number of nitrogens with one attached hydrogen (secondary N) is 1. The molecular formula is C13H17N5O2. The topological polar surface area (TPSA) is 85.9 Å². The van der Waals surface area contributed by atoms with Crippen molar-refractivity contribution in [3.8, 4) is 5.69 Å². The molecule has 1 heterocycles. The van der Waals surface area contributed by atoms with Crippen molar-refractivity contribution in [2.75, 3.05) is 0 Å². The summed E-state index contributed by atoms with van der Waals surface area (Å²) in [6.45, 7) is 6.80. The van der Waals surface area contributed by atoms with Gasteiger partial charge in [0, 0.05) is 24.2 Å². The second-order valence-corrected chi connectivity index (χ2v) is 5.53. The van der Waals surface area contributed by atoms with E-state index in [1.807, 2.05) is 0 Å². The molecule has 0 saturated carbocycles. The van der Waals surface area contributed by atoms with Crippen molar-refractivity contribution in [2.45, 2.75) is 32.9 Å². The van der Waals surface area contributed by atoms with Crippen molar-refractivity contribution in [3.63, 3.8) is 0 Å². The van der Waals surface area contributed by atoms with Crippen LogP contribution in [0.5, 0.6) is 0 Å². The van der Waals surface area contributed by atoms with Gasteiger partial charge in [-0.25, -0.2) is 4.68 Å². The third-order valence-electron chi connectivity index (χ3n) is 2.65. The highest BCUT2D eigenvalue weighted by molar-refractivity contribution is 5.42. The molecule has 0 bridgehead atoms. The quantitative estimate of drug-likeness (QED) is 0.682. The van der Waals surface area contributed by atoms with E-state index in [1.165, 1.54) is 16.8 Å². The van der Waals surface area contributed by atoms with Crippen LogP contribution in [0.4, 0.5) is 5.69 Å². The first-order valence-electron chi connectivity index (χ1n) is 6.26. The minimum atomic E-state index is -0.428. The Bertz CT molecular complexity index is 615. The molecule has 0 amide bonds. The van der Waals surface area contributed by atoms with Gasteiger partial charge in [-0.15, -0.1) is 5.10 Å². The van der Waals surface area contributed by atoms with Gasteiger partial charge in [0.05, 0.1) is 22.5 Å². The molecule has 0 radical (unpaired) electrons. The van der Waals surface area contributed by atoms with Crippen molar-refractivity contribution in [2.24, 2.45) is 0 Å². The summed E-state index contributed by atoms with van der Waals surface area (Å²) in [6, 6.07) is 6.29. The van der Waals surface area contributed by atoms with Crippen LogP contribution in [-0.2, 0) is 6.54 Å². The maximum Gasteiger partial charge on any atom is 0.271 e. The van der Waals surface area contributed by atoms with Gasteiger partial charge in [0.15, 0.2) is 0 Å². The molecule has 0 saturated heterocycles. The number of hydrogen-bond donors (Lipinski definition) is 1. The smallest absolute Gasteiger partial charge is 0.271 e. The fraction of sp³-hybridized carbons (Fsp3) is 0.385. The van der Waals surface area contributed by atoms with Gasteiger partial charge in [0.25, 0.3) is 5.69 Å². The highest BCUT2D eigenvalue weighted by atomic mass is 16.6. The van der Waals surface area contributed by atoms with Gasteiger partial charge >= 0.3 is 0 Å². The molecule has 0 aliphatic carbocycles. The average molecular weight is 275 g/mol. The van der Waals surface area contributed by atoms with Gasteiger partial charge < -0.3 is 5.32 Å². The predicted octanol–water partition coefficient (Wildman–Crippen LogP) is 2.06. The molecule has 0 atom stereocenters. The summed E-state index contributed by atoms with van der Waals surface area (Å²) in [5.74, 6) is 0. The Morgan fingerprint density at radius 3 is 2.80 bits per heavy atom. The van der Waals surface area contributed by atoms with Crippen LogP contribution in [0.2, 0.25) is 0 Å². The van der Waals surface area contributed by atoms with Gasteiger partial charge in [-0.1, -0.05) is 11.3 Å². The normalized spacial score (nSPS) is 11.6. The molecule has 0 aliphatic heterocycles. The number of hydrogen-bond acceptors (Lipinski definition) is 5. The van der Waals surface area contributed by atoms with Crippen LogP contribution in [0.25, 0.3) is 5.69 Å². The monoisotopic (exact) mass is 275 g/mol. The SMILES string of the molecule is CC(C)(C)NCc1cn(-c2cccc([N+](=O)[O-])c2)nn1. The van der Waals surface area contributed by atoms with E-state index in [2.05, 4.69) is 36.4 Å². The summed E-state index contributed by atoms with van der Waals surface area (Å²) in [4.78, 5) is 10.3. The Morgan fingerprint density at radius 2 is 2.15 bits per heavy atom. The first-order chi connectivity index (χ1) is 9.35. The number of nitro benzene ring substituents is 1. The number of rotatable bonds is 4. The maximum atomic E-state index is 10.8. The zero-order valence-corrected chi connectivity index (χ0v) is 11.7. The molecule has 1 aromatic carbocycles. The third-order valence-corrected chi connectivity index (χ3v) is 2.65. The molecule has 0 aliphatic rings. The van der Waals surface area contributed by atoms with E-state index < -0.39 is 4.92 Å². The molecule has 1 N–H and O–H groups in total. The van der Waals surface area contributed by atoms with Crippen LogP contribution in [0.3, 0.4) is 0 Å². The molecule has 2 rings (SSSR count). The lowest BCUT2D eigenvalue weighted by molar-refractivity contribution is -0.384. The minimum Gasteiger partial charge on any atom is -0.306 e. The van der Waals surface area contributed by atoms with Gasteiger partial charge in [-0.05, 0) is 26.8 Å². The number of aromatic nitrogens is 3. The van der Waals surface area contributed by atoms with E-state index in [9.17, 15) is 10.1 Å². The van der Waals surface area contributed by atoms with Crippen LogP contribution < -0.4 is 5.32 Å². The van der Waals surface area contributed by atoms with E-state index in [1.54, 1.807) is 18.3 Å². The van der Waals surface area contributed by atoms with Crippen molar-refractivity contribution < 1.29 is 4.92 Å². The molecule has 7 heteroatoms. The van der Waals surface area contributed by atoms with E-state index >= 15 is 0 Å².